The largest absolute Gasteiger partial charge is 0.0892 e. The predicted octanol–water partition coefficient (Wildman–Crippen LogP) is 3.96. The molecule has 0 aromatic rings. The molecule has 1 unspecified atom stereocenters. The Bertz CT molecular complexity index is 118. The summed E-state index contributed by atoms with van der Waals surface area (Å²) in [6, 6.07) is 0. The Morgan fingerprint density at radius 1 is 1.50 bits per heavy atom. The van der Waals surface area contributed by atoms with E-state index in [9.17, 15) is 0 Å². The maximum atomic E-state index is 5.87. The van der Waals surface area contributed by atoms with Gasteiger partial charge in [-0.25, -0.2) is 0 Å². The summed E-state index contributed by atoms with van der Waals surface area (Å²) in [5, 5.41) is 0.803. The first-order valence-corrected chi connectivity index (χ1v) is 4.29. The van der Waals surface area contributed by atoms with Crippen molar-refractivity contribution in [3.05, 3.63) is 11.6 Å². The molecule has 0 heterocycles. The van der Waals surface area contributed by atoms with E-state index in [2.05, 4.69) is 27.4 Å². The van der Waals surface area contributed by atoms with Crippen LogP contribution < -0.4 is 0 Å². The van der Waals surface area contributed by atoms with E-state index < -0.39 is 0 Å². The molecule has 0 saturated heterocycles. The first kappa shape index (κ1) is 10.0. The standard InChI is InChI=1S/C9H17Cl/c1-5-7-9(4,6-2)8(3)10/h3,5-7H2,1-2,4H3. The Hall–Kier alpha value is 0.0300. The van der Waals surface area contributed by atoms with Gasteiger partial charge in [0.05, 0.1) is 0 Å². The van der Waals surface area contributed by atoms with Crippen LogP contribution in [0.15, 0.2) is 11.6 Å². The maximum Gasteiger partial charge on any atom is 0.0168 e. The lowest BCUT2D eigenvalue weighted by Gasteiger charge is -2.26. The highest BCUT2D eigenvalue weighted by Crippen LogP contribution is 2.36. The van der Waals surface area contributed by atoms with Crippen molar-refractivity contribution < 1.29 is 0 Å². The van der Waals surface area contributed by atoms with Crippen LogP contribution in [0.1, 0.15) is 40.0 Å². The van der Waals surface area contributed by atoms with Gasteiger partial charge < -0.3 is 0 Å². The van der Waals surface area contributed by atoms with Gasteiger partial charge in [-0.05, 0) is 12.8 Å². The lowest BCUT2D eigenvalue weighted by Crippen LogP contribution is -2.14. The zero-order valence-electron chi connectivity index (χ0n) is 7.21. The molecule has 10 heavy (non-hydrogen) atoms. The van der Waals surface area contributed by atoms with Gasteiger partial charge in [-0.3, -0.25) is 0 Å². The molecule has 1 atom stereocenters. The summed E-state index contributed by atoms with van der Waals surface area (Å²) in [5.74, 6) is 0. The minimum Gasteiger partial charge on any atom is -0.0892 e. The molecule has 0 amide bonds. The van der Waals surface area contributed by atoms with Crippen LogP contribution in [0.3, 0.4) is 0 Å². The minimum absolute atomic E-state index is 0.163. The van der Waals surface area contributed by atoms with Crippen molar-refractivity contribution in [1.82, 2.24) is 0 Å². The SMILES string of the molecule is C=C(Cl)C(C)(CC)CCC. The van der Waals surface area contributed by atoms with Crippen LogP contribution in [0.4, 0.5) is 0 Å². The van der Waals surface area contributed by atoms with Crippen LogP contribution in [0.5, 0.6) is 0 Å². The predicted molar refractivity (Wildman–Crippen MR) is 48.3 cm³/mol. The summed E-state index contributed by atoms with van der Waals surface area (Å²) >= 11 is 5.87. The third-order valence-electron chi connectivity index (χ3n) is 2.24. The van der Waals surface area contributed by atoms with Gasteiger partial charge in [-0.15, -0.1) is 0 Å². The Kier molecular flexibility index (Phi) is 4.04. The third-order valence-corrected chi connectivity index (χ3v) is 2.69. The summed E-state index contributed by atoms with van der Waals surface area (Å²) in [4.78, 5) is 0. The van der Waals surface area contributed by atoms with E-state index in [1.54, 1.807) is 0 Å². The van der Waals surface area contributed by atoms with Crippen LogP contribution in [-0.4, -0.2) is 0 Å². The molecule has 0 aliphatic carbocycles. The van der Waals surface area contributed by atoms with Crippen molar-refractivity contribution in [1.29, 1.82) is 0 Å². The highest BCUT2D eigenvalue weighted by atomic mass is 35.5. The molecule has 0 aromatic heterocycles. The molecular formula is C9H17Cl. The summed E-state index contributed by atoms with van der Waals surface area (Å²) in [7, 11) is 0. The van der Waals surface area contributed by atoms with Crippen LogP contribution in [0.25, 0.3) is 0 Å². The monoisotopic (exact) mass is 160 g/mol. The van der Waals surface area contributed by atoms with Gasteiger partial charge in [0.1, 0.15) is 0 Å². The maximum absolute atomic E-state index is 5.87. The van der Waals surface area contributed by atoms with Gasteiger partial charge in [0.2, 0.25) is 0 Å². The number of hydrogen-bond donors (Lipinski definition) is 0. The van der Waals surface area contributed by atoms with Crippen LogP contribution >= 0.6 is 11.6 Å². The second-order valence-corrected chi connectivity index (χ2v) is 3.53. The fourth-order valence-electron chi connectivity index (χ4n) is 1.06. The summed E-state index contributed by atoms with van der Waals surface area (Å²) in [6.45, 7) is 10.3. The first-order chi connectivity index (χ1) is 4.56. The second kappa shape index (κ2) is 4.02. The van der Waals surface area contributed by atoms with Crippen molar-refractivity contribution in [3.63, 3.8) is 0 Å². The van der Waals surface area contributed by atoms with Crippen LogP contribution in [-0.2, 0) is 0 Å². The molecule has 0 fully saturated rings. The molecule has 0 rings (SSSR count). The van der Waals surface area contributed by atoms with E-state index in [0.717, 1.165) is 17.9 Å². The second-order valence-electron chi connectivity index (χ2n) is 3.07. The highest BCUT2D eigenvalue weighted by Gasteiger charge is 2.22. The zero-order chi connectivity index (χ0) is 8.20. The van der Waals surface area contributed by atoms with Gasteiger partial charge in [0.25, 0.3) is 0 Å². The molecular weight excluding hydrogens is 144 g/mol. The molecule has 0 aliphatic heterocycles. The molecule has 0 saturated carbocycles. The van der Waals surface area contributed by atoms with Gasteiger partial charge in [0, 0.05) is 10.4 Å². The van der Waals surface area contributed by atoms with Crippen LogP contribution in [0.2, 0.25) is 0 Å². The lowest BCUT2D eigenvalue weighted by molar-refractivity contribution is 0.364. The topological polar surface area (TPSA) is 0 Å². The summed E-state index contributed by atoms with van der Waals surface area (Å²) in [5.41, 5.74) is 0.163. The number of allylic oxidation sites excluding steroid dienone is 1. The Morgan fingerprint density at radius 2 is 2.00 bits per heavy atom. The van der Waals surface area contributed by atoms with E-state index in [1.807, 2.05) is 0 Å². The number of rotatable bonds is 4. The molecule has 0 radical (unpaired) electrons. The fraction of sp³-hybridized carbons (Fsp3) is 0.778. The Morgan fingerprint density at radius 3 is 2.10 bits per heavy atom. The molecule has 0 aliphatic rings. The zero-order valence-corrected chi connectivity index (χ0v) is 7.96. The lowest BCUT2D eigenvalue weighted by atomic mass is 9.83. The normalized spacial score (nSPS) is 16.4. The Labute approximate surface area is 69.3 Å². The van der Waals surface area contributed by atoms with Crippen LogP contribution in [0, 0.1) is 5.41 Å². The molecule has 60 valence electrons. The van der Waals surface area contributed by atoms with E-state index in [1.165, 1.54) is 6.42 Å². The summed E-state index contributed by atoms with van der Waals surface area (Å²) in [6.07, 6.45) is 3.41. The van der Waals surface area contributed by atoms with E-state index in [4.69, 9.17) is 11.6 Å². The van der Waals surface area contributed by atoms with E-state index in [0.29, 0.717) is 0 Å². The average molecular weight is 161 g/mol. The summed E-state index contributed by atoms with van der Waals surface area (Å²) < 4.78 is 0. The minimum atomic E-state index is 0.163. The Balaban J connectivity index is 4.08. The third kappa shape index (κ3) is 2.34. The van der Waals surface area contributed by atoms with Crippen molar-refractivity contribution >= 4 is 11.6 Å². The van der Waals surface area contributed by atoms with Gasteiger partial charge in [-0.1, -0.05) is 45.4 Å². The molecule has 0 bridgehead atoms. The van der Waals surface area contributed by atoms with Crippen molar-refractivity contribution in [2.75, 3.05) is 0 Å². The molecule has 0 N–H and O–H groups in total. The molecule has 0 spiro atoms. The fourth-order valence-corrected chi connectivity index (χ4v) is 1.28. The van der Waals surface area contributed by atoms with E-state index >= 15 is 0 Å². The van der Waals surface area contributed by atoms with Crippen molar-refractivity contribution in [3.8, 4) is 0 Å². The smallest absolute Gasteiger partial charge is 0.0168 e. The molecule has 1 heteroatoms. The average Bonchev–Trinajstić information content (AvgIpc) is 1.88. The first-order valence-electron chi connectivity index (χ1n) is 3.91. The van der Waals surface area contributed by atoms with Gasteiger partial charge in [0.15, 0.2) is 0 Å². The molecule has 0 nitrogen and oxygen atoms in total. The van der Waals surface area contributed by atoms with Gasteiger partial charge >= 0.3 is 0 Å². The highest BCUT2D eigenvalue weighted by molar-refractivity contribution is 6.29. The van der Waals surface area contributed by atoms with Crippen molar-refractivity contribution in [2.24, 2.45) is 5.41 Å². The number of hydrogen-bond acceptors (Lipinski definition) is 0. The number of halogens is 1. The quantitative estimate of drug-likeness (QED) is 0.584. The molecule has 0 aromatic carbocycles. The van der Waals surface area contributed by atoms with Crippen molar-refractivity contribution in [2.45, 2.75) is 40.0 Å². The van der Waals surface area contributed by atoms with E-state index in [-0.39, 0.29) is 5.41 Å². The van der Waals surface area contributed by atoms with Gasteiger partial charge in [-0.2, -0.15) is 0 Å².